The quantitative estimate of drug-likeness (QED) is 0.586. The van der Waals surface area contributed by atoms with Gasteiger partial charge >= 0.3 is 0 Å². The largest absolute Gasteiger partial charge is 0.450 e. The summed E-state index contributed by atoms with van der Waals surface area (Å²) in [6.45, 7) is 3.84. The topological polar surface area (TPSA) is 72.2 Å². The van der Waals surface area contributed by atoms with E-state index in [9.17, 15) is 9.59 Å². The van der Waals surface area contributed by atoms with Gasteiger partial charge in [-0.3, -0.25) is 14.9 Å². The fourth-order valence-electron chi connectivity index (χ4n) is 2.67. The second-order valence-corrected chi connectivity index (χ2v) is 6.90. The number of thiazole rings is 1. The molecule has 124 valence electrons. The summed E-state index contributed by atoms with van der Waals surface area (Å²) in [5.41, 5.74) is 2.95. The lowest BCUT2D eigenvalue weighted by Gasteiger charge is -2.04. The highest BCUT2D eigenvalue weighted by molar-refractivity contribution is 7.22. The predicted octanol–water partition coefficient (Wildman–Crippen LogP) is 4.27. The molecule has 0 fully saturated rings. The maximum absolute atomic E-state index is 12.5. The number of amides is 1. The number of hydrogen-bond donors (Lipinski definition) is 1. The van der Waals surface area contributed by atoms with Gasteiger partial charge in [-0.05, 0) is 43.2 Å². The summed E-state index contributed by atoms with van der Waals surface area (Å²) >= 11 is 1.38. The zero-order chi connectivity index (χ0) is 17.6. The number of carbonyl (C=O) groups is 1. The Hall–Kier alpha value is -2.99. The summed E-state index contributed by atoms with van der Waals surface area (Å²) in [6.07, 6.45) is 0. The Morgan fingerprint density at radius 3 is 2.84 bits per heavy atom. The molecule has 2 aromatic heterocycles. The van der Waals surface area contributed by atoms with E-state index >= 15 is 0 Å². The number of aromatic nitrogens is 1. The van der Waals surface area contributed by atoms with E-state index < -0.39 is 5.91 Å². The monoisotopic (exact) mass is 350 g/mol. The zero-order valence-electron chi connectivity index (χ0n) is 13.6. The zero-order valence-corrected chi connectivity index (χ0v) is 14.4. The molecule has 0 atom stereocenters. The molecule has 1 N–H and O–H groups in total. The van der Waals surface area contributed by atoms with Crippen LogP contribution in [0.1, 0.15) is 21.7 Å². The highest BCUT2D eigenvalue weighted by Crippen LogP contribution is 2.27. The van der Waals surface area contributed by atoms with E-state index in [1.165, 1.54) is 17.4 Å². The number of anilines is 1. The molecular formula is C19H14N2O3S. The smallest absolute Gasteiger partial charge is 0.293 e. The number of aryl methyl sites for hydroxylation is 2. The molecule has 0 aliphatic rings. The molecule has 0 unspecified atom stereocenters. The van der Waals surface area contributed by atoms with Crippen LogP contribution in [0.25, 0.3) is 21.2 Å². The number of nitrogens with one attached hydrogen (secondary N) is 1. The maximum Gasteiger partial charge on any atom is 0.293 e. The Labute approximate surface area is 146 Å². The minimum Gasteiger partial charge on any atom is -0.450 e. The second kappa shape index (κ2) is 5.82. The van der Waals surface area contributed by atoms with Crippen molar-refractivity contribution in [2.24, 2.45) is 0 Å². The molecule has 1 amide bonds. The Morgan fingerprint density at radius 2 is 2.00 bits per heavy atom. The summed E-state index contributed by atoms with van der Waals surface area (Å²) in [6, 6.07) is 12.4. The molecule has 6 heteroatoms. The van der Waals surface area contributed by atoms with Gasteiger partial charge in [0.25, 0.3) is 5.91 Å². The third kappa shape index (κ3) is 2.81. The molecule has 25 heavy (non-hydrogen) atoms. The molecular weight excluding hydrogens is 336 g/mol. The average molecular weight is 350 g/mol. The van der Waals surface area contributed by atoms with Gasteiger partial charge in [0.05, 0.1) is 15.6 Å². The van der Waals surface area contributed by atoms with Crippen LogP contribution in [0, 0.1) is 13.8 Å². The minimum absolute atomic E-state index is 0.0257. The molecule has 0 spiro atoms. The van der Waals surface area contributed by atoms with Gasteiger partial charge in [0.2, 0.25) is 0 Å². The Bertz CT molecular complexity index is 1190. The fraction of sp³-hybridized carbons (Fsp3) is 0.105. The summed E-state index contributed by atoms with van der Waals surface area (Å²) in [5, 5.41) is 3.65. The van der Waals surface area contributed by atoms with Crippen molar-refractivity contribution in [1.29, 1.82) is 0 Å². The Kier molecular flexibility index (Phi) is 3.62. The number of fused-ring (bicyclic) bond motifs is 2. The van der Waals surface area contributed by atoms with Gasteiger partial charge in [-0.25, -0.2) is 4.98 Å². The standard InChI is InChI=1S/C19H14N2O3S/c1-10-6-7-13-16(8-10)25-19(20-13)21-18(23)15-9-14(22)12-5-3-4-11(2)17(12)24-15/h3-9H,1-2H3,(H,20,21,23). The first kappa shape index (κ1) is 15.5. The third-order valence-corrected chi connectivity index (χ3v) is 4.87. The van der Waals surface area contributed by atoms with E-state index in [0.717, 1.165) is 21.3 Å². The number of carbonyl (C=O) groups excluding carboxylic acids is 1. The molecule has 2 heterocycles. The molecule has 0 bridgehead atoms. The van der Waals surface area contributed by atoms with Gasteiger partial charge in [0, 0.05) is 6.07 Å². The average Bonchev–Trinajstić information content (AvgIpc) is 2.97. The molecule has 0 aliphatic heterocycles. The molecule has 0 aliphatic carbocycles. The van der Waals surface area contributed by atoms with Crippen molar-refractivity contribution in [3.8, 4) is 0 Å². The number of nitrogens with zero attached hydrogens (tertiary/aromatic N) is 1. The Balaban J connectivity index is 1.71. The number of rotatable bonds is 2. The first-order chi connectivity index (χ1) is 12.0. The molecule has 5 nitrogen and oxygen atoms in total. The molecule has 2 aromatic carbocycles. The molecule has 0 radical (unpaired) electrons. The van der Waals surface area contributed by atoms with E-state index in [2.05, 4.69) is 10.3 Å². The van der Waals surface area contributed by atoms with Crippen molar-refractivity contribution < 1.29 is 9.21 Å². The van der Waals surface area contributed by atoms with Crippen LogP contribution >= 0.6 is 11.3 Å². The van der Waals surface area contributed by atoms with Crippen molar-refractivity contribution in [3.05, 3.63) is 69.6 Å². The second-order valence-electron chi connectivity index (χ2n) is 5.87. The van der Waals surface area contributed by atoms with E-state index in [4.69, 9.17) is 4.42 Å². The molecule has 0 saturated carbocycles. The summed E-state index contributed by atoms with van der Waals surface area (Å²) < 4.78 is 6.66. The highest BCUT2D eigenvalue weighted by atomic mass is 32.1. The summed E-state index contributed by atoms with van der Waals surface area (Å²) in [4.78, 5) is 29.1. The Morgan fingerprint density at radius 1 is 1.16 bits per heavy atom. The third-order valence-electron chi connectivity index (χ3n) is 3.94. The fourth-order valence-corrected chi connectivity index (χ4v) is 3.63. The SMILES string of the molecule is Cc1ccc2nc(NC(=O)c3cc(=O)c4cccc(C)c4o3)sc2c1. The van der Waals surface area contributed by atoms with Crippen molar-refractivity contribution in [2.75, 3.05) is 5.32 Å². The van der Waals surface area contributed by atoms with E-state index in [1.54, 1.807) is 12.1 Å². The lowest BCUT2D eigenvalue weighted by atomic mass is 10.1. The molecule has 4 aromatic rings. The van der Waals surface area contributed by atoms with Gasteiger partial charge in [0.15, 0.2) is 16.3 Å². The van der Waals surface area contributed by atoms with E-state index in [-0.39, 0.29) is 11.2 Å². The first-order valence-electron chi connectivity index (χ1n) is 7.73. The highest BCUT2D eigenvalue weighted by Gasteiger charge is 2.15. The van der Waals surface area contributed by atoms with E-state index in [1.807, 2.05) is 38.1 Å². The van der Waals surface area contributed by atoms with Gasteiger partial charge in [-0.1, -0.05) is 29.5 Å². The van der Waals surface area contributed by atoms with E-state index in [0.29, 0.717) is 16.1 Å². The number of benzene rings is 2. The summed E-state index contributed by atoms with van der Waals surface area (Å²) in [7, 11) is 0. The van der Waals surface area contributed by atoms with Crippen molar-refractivity contribution in [2.45, 2.75) is 13.8 Å². The van der Waals surface area contributed by atoms with Gasteiger partial charge in [0.1, 0.15) is 5.58 Å². The van der Waals surface area contributed by atoms with Crippen LogP contribution in [-0.4, -0.2) is 10.9 Å². The van der Waals surface area contributed by atoms with Crippen LogP contribution in [0.3, 0.4) is 0 Å². The molecule has 4 rings (SSSR count). The molecule has 0 saturated heterocycles. The van der Waals surface area contributed by atoms with Gasteiger partial charge in [-0.2, -0.15) is 0 Å². The van der Waals surface area contributed by atoms with Crippen molar-refractivity contribution in [3.63, 3.8) is 0 Å². The van der Waals surface area contributed by atoms with Crippen LogP contribution in [0.4, 0.5) is 5.13 Å². The van der Waals surface area contributed by atoms with Crippen LogP contribution < -0.4 is 10.7 Å². The number of hydrogen-bond acceptors (Lipinski definition) is 5. The maximum atomic E-state index is 12.5. The lowest BCUT2D eigenvalue weighted by Crippen LogP contribution is -2.15. The van der Waals surface area contributed by atoms with Crippen molar-refractivity contribution >= 4 is 43.6 Å². The predicted molar refractivity (Wildman–Crippen MR) is 99.5 cm³/mol. The lowest BCUT2D eigenvalue weighted by molar-refractivity contribution is 0.0997. The van der Waals surface area contributed by atoms with Gasteiger partial charge < -0.3 is 4.42 Å². The minimum atomic E-state index is -0.488. The van der Waals surface area contributed by atoms with Gasteiger partial charge in [-0.15, -0.1) is 0 Å². The summed E-state index contributed by atoms with van der Waals surface area (Å²) in [5.74, 6) is -0.514. The van der Waals surface area contributed by atoms with Crippen molar-refractivity contribution in [1.82, 2.24) is 4.98 Å². The van der Waals surface area contributed by atoms with Crippen LogP contribution in [0.5, 0.6) is 0 Å². The number of para-hydroxylation sites is 1. The normalized spacial score (nSPS) is 11.1. The van der Waals surface area contributed by atoms with Crippen LogP contribution in [0.2, 0.25) is 0 Å². The first-order valence-corrected chi connectivity index (χ1v) is 8.55. The van der Waals surface area contributed by atoms with Crippen LogP contribution in [-0.2, 0) is 0 Å². The van der Waals surface area contributed by atoms with Crippen LogP contribution in [0.15, 0.2) is 51.7 Å².